The van der Waals surface area contributed by atoms with E-state index in [-0.39, 0.29) is 43.2 Å². The number of anilines is 3. The molecule has 1 saturated heterocycles. The van der Waals surface area contributed by atoms with Crippen molar-refractivity contribution in [2.45, 2.75) is 0 Å². The SMILES string of the molecule is Cl.Cl.O=C1Nc2cccnc2N(C(=O)CN2CCN(CCCl)CC2)c2ccccc21. The Morgan fingerprint density at radius 2 is 1.73 bits per heavy atom. The zero-order valence-corrected chi connectivity index (χ0v) is 18.7. The summed E-state index contributed by atoms with van der Waals surface area (Å²) in [5.41, 5.74) is 1.55. The van der Waals surface area contributed by atoms with E-state index in [0.29, 0.717) is 28.6 Å². The van der Waals surface area contributed by atoms with Crippen LogP contribution in [-0.2, 0) is 4.79 Å². The van der Waals surface area contributed by atoms with E-state index in [1.54, 1.807) is 41.4 Å². The maximum Gasteiger partial charge on any atom is 0.257 e. The summed E-state index contributed by atoms with van der Waals surface area (Å²) in [6, 6.07) is 10.6. The fourth-order valence-electron chi connectivity index (χ4n) is 3.64. The number of benzene rings is 1. The van der Waals surface area contributed by atoms with Gasteiger partial charge in [0.05, 0.1) is 23.5 Å². The van der Waals surface area contributed by atoms with Crippen molar-refractivity contribution in [3.05, 3.63) is 48.2 Å². The lowest BCUT2D eigenvalue weighted by molar-refractivity contribution is -0.119. The van der Waals surface area contributed by atoms with Crippen molar-refractivity contribution in [1.82, 2.24) is 14.8 Å². The number of alkyl halides is 1. The number of para-hydroxylation sites is 1. The fraction of sp³-hybridized carbons (Fsp3) is 0.350. The highest BCUT2D eigenvalue weighted by Crippen LogP contribution is 2.36. The van der Waals surface area contributed by atoms with Gasteiger partial charge in [0.25, 0.3) is 5.91 Å². The monoisotopic (exact) mass is 471 g/mol. The van der Waals surface area contributed by atoms with Crippen LogP contribution in [0.25, 0.3) is 0 Å². The minimum absolute atomic E-state index is 0. The normalized spacial score (nSPS) is 16.3. The van der Waals surface area contributed by atoms with Crippen molar-refractivity contribution < 1.29 is 9.59 Å². The topological polar surface area (TPSA) is 68.8 Å². The molecule has 2 aliphatic heterocycles. The highest BCUT2D eigenvalue weighted by molar-refractivity contribution is 6.18. The first-order valence-corrected chi connectivity index (χ1v) is 9.90. The third-order valence-electron chi connectivity index (χ3n) is 5.11. The number of nitrogens with one attached hydrogen (secondary N) is 1. The van der Waals surface area contributed by atoms with E-state index in [0.717, 1.165) is 32.7 Å². The molecule has 7 nitrogen and oxygen atoms in total. The molecule has 2 aromatic rings. The smallest absolute Gasteiger partial charge is 0.257 e. The molecule has 1 aromatic heterocycles. The highest BCUT2D eigenvalue weighted by Gasteiger charge is 2.31. The third-order valence-corrected chi connectivity index (χ3v) is 5.28. The first-order valence-electron chi connectivity index (χ1n) is 9.36. The van der Waals surface area contributed by atoms with Crippen LogP contribution in [0.3, 0.4) is 0 Å². The summed E-state index contributed by atoms with van der Waals surface area (Å²) in [5.74, 6) is 0.726. The number of amides is 2. The molecule has 0 atom stereocenters. The fourth-order valence-corrected chi connectivity index (χ4v) is 3.88. The van der Waals surface area contributed by atoms with Gasteiger partial charge in [-0.1, -0.05) is 12.1 Å². The van der Waals surface area contributed by atoms with Gasteiger partial charge in [-0.2, -0.15) is 0 Å². The van der Waals surface area contributed by atoms with Crippen molar-refractivity contribution in [3.8, 4) is 0 Å². The first-order chi connectivity index (χ1) is 13.7. The number of carbonyl (C=O) groups excluding carboxylic acids is 2. The summed E-state index contributed by atoms with van der Waals surface area (Å²) in [6.07, 6.45) is 1.63. The average molecular weight is 473 g/mol. The van der Waals surface area contributed by atoms with Gasteiger partial charge in [-0.3, -0.25) is 24.3 Å². The lowest BCUT2D eigenvalue weighted by Gasteiger charge is -2.35. The van der Waals surface area contributed by atoms with Crippen molar-refractivity contribution in [1.29, 1.82) is 0 Å². The lowest BCUT2D eigenvalue weighted by Crippen LogP contribution is -2.50. The number of piperazine rings is 1. The Morgan fingerprint density at radius 3 is 2.47 bits per heavy atom. The number of halogens is 3. The summed E-state index contributed by atoms with van der Waals surface area (Å²) >= 11 is 5.82. The molecule has 0 radical (unpaired) electrons. The van der Waals surface area contributed by atoms with Gasteiger partial charge >= 0.3 is 0 Å². The molecule has 0 unspecified atom stereocenters. The van der Waals surface area contributed by atoms with E-state index in [1.165, 1.54) is 0 Å². The number of carbonyl (C=O) groups is 2. The van der Waals surface area contributed by atoms with E-state index in [2.05, 4.69) is 20.1 Å². The zero-order valence-electron chi connectivity index (χ0n) is 16.3. The number of fused-ring (bicyclic) bond motifs is 2. The summed E-state index contributed by atoms with van der Waals surface area (Å²) in [7, 11) is 0. The molecular formula is C20H24Cl3N5O2. The van der Waals surface area contributed by atoms with Crippen LogP contribution in [0.5, 0.6) is 0 Å². The summed E-state index contributed by atoms with van der Waals surface area (Å²) in [6.45, 7) is 4.55. The van der Waals surface area contributed by atoms with E-state index in [4.69, 9.17) is 11.6 Å². The molecular weight excluding hydrogens is 449 g/mol. The molecule has 4 rings (SSSR count). The Morgan fingerprint density at radius 1 is 1.03 bits per heavy atom. The molecule has 10 heteroatoms. The average Bonchev–Trinajstić information content (AvgIpc) is 2.83. The van der Waals surface area contributed by atoms with Gasteiger partial charge in [-0.25, -0.2) is 4.98 Å². The van der Waals surface area contributed by atoms with Crippen molar-refractivity contribution >= 4 is 65.4 Å². The Labute approximate surface area is 193 Å². The molecule has 0 saturated carbocycles. The summed E-state index contributed by atoms with van der Waals surface area (Å²) in [5, 5.41) is 2.86. The number of hydrogen-bond donors (Lipinski definition) is 1. The van der Waals surface area contributed by atoms with E-state index in [9.17, 15) is 9.59 Å². The minimum atomic E-state index is -0.241. The Kier molecular flexibility index (Phi) is 8.88. The quantitative estimate of drug-likeness (QED) is 0.693. The van der Waals surface area contributed by atoms with Crippen LogP contribution in [0.15, 0.2) is 42.6 Å². The van der Waals surface area contributed by atoms with E-state index < -0.39 is 0 Å². The van der Waals surface area contributed by atoms with Crippen LogP contribution in [0.4, 0.5) is 17.2 Å². The van der Waals surface area contributed by atoms with Crippen molar-refractivity contribution in [3.63, 3.8) is 0 Å². The molecule has 30 heavy (non-hydrogen) atoms. The van der Waals surface area contributed by atoms with E-state index >= 15 is 0 Å². The van der Waals surface area contributed by atoms with Gasteiger partial charge in [-0.05, 0) is 24.3 Å². The molecule has 0 bridgehead atoms. The molecule has 1 aromatic carbocycles. The molecule has 0 spiro atoms. The molecule has 3 heterocycles. The third kappa shape index (κ3) is 5.04. The maximum absolute atomic E-state index is 13.3. The van der Waals surface area contributed by atoms with Crippen LogP contribution in [-0.4, -0.2) is 71.7 Å². The van der Waals surface area contributed by atoms with Gasteiger partial charge in [0.15, 0.2) is 5.82 Å². The second-order valence-corrected chi connectivity index (χ2v) is 7.26. The minimum Gasteiger partial charge on any atom is -0.319 e. The standard InChI is InChI=1S/C20H22ClN5O2.2ClH/c21-7-9-24-10-12-25(13-11-24)14-18(27)26-17-6-2-1-4-15(17)20(28)23-16-5-3-8-22-19(16)26;;/h1-6,8H,7,9-14H2,(H,23,28);2*1H. The molecule has 162 valence electrons. The number of aromatic nitrogens is 1. The lowest BCUT2D eigenvalue weighted by atomic mass is 10.1. The predicted octanol–water partition coefficient (Wildman–Crippen LogP) is 3.01. The number of pyridine rings is 1. The van der Waals surface area contributed by atoms with Crippen LogP contribution in [0.2, 0.25) is 0 Å². The Bertz CT molecular complexity index is 890. The summed E-state index contributed by atoms with van der Waals surface area (Å²) in [4.78, 5) is 36.3. The second kappa shape index (κ2) is 10.9. The van der Waals surface area contributed by atoms with Gasteiger partial charge in [0.2, 0.25) is 5.91 Å². The number of rotatable bonds is 4. The molecule has 1 fully saturated rings. The largest absolute Gasteiger partial charge is 0.319 e. The summed E-state index contributed by atoms with van der Waals surface area (Å²) < 4.78 is 0. The van der Waals surface area contributed by atoms with Crippen LogP contribution in [0.1, 0.15) is 10.4 Å². The van der Waals surface area contributed by atoms with E-state index in [1.807, 2.05) is 6.07 Å². The Hall–Kier alpha value is -1.90. The molecule has 0 aliphatic carbocycles. The molecule has 2 amide bonds. The predicted molar refractivity (Wildman–Crippen MR) is 124 cm³/mol. The number of hydrogen-bond acceptors (Lipinski definition) is 5. The van der Waals surface area contributed by atoms with Gasteiger partial charge in [0, 0.05) is 44.8 Å². The second-order valence-electron chi connectivity index (χ2n) is 6.88. The van der Waals surface area contributed by atoms with Crippen LogP contribution >= 0.6 is 36.4 Å². The van der Waals surface area contributed by atoms with Gasteiger partial charge in [-0.15, -0.1) is 36.4 Å². The Balaban J connectivity index is 0.00000160. The number of nitrogens with zero attached hydrogens (tertiary/aromatic N) is 4. The van der Waals surface area contributed by atoms with Crippen LogP contribution in [0, 0.1) is 0 Å². The van der Waals surface area contributed by atoms with Crippen molar-refractivity contribution in [2.24, 2.45) is 0 Å². The van der Waals surface area contributed by atoms with Crippen molar-refractivity contribution in [2.75, 3.05) is 55.4 Å². The van der Waals surface area contributed by atoms with Crippen LogP contribution < -0.4 is 10.2 Å². The van der Waals surface area contributed by atoms with Gasteiger partial charge < -0.3 is 5.32 Å². The zero-order chi connectivity index (χ0) is 19.5. The highest BCUT2D eigenvalue weighted by atomic mass is 35.5. The molecule has 2 aliphatic rings. The molecule has 1 N–H and O–H groups in total. The van der Waals surface area contributed by atoms with Gasteiger partial charge in [0.1, 0.15) is 0 Å². The first kappa shape index (κ1) is 24.4. The maximum atomic E-state index is 13.3.